The van der Waals surface area contributed by atoms with Gasteiger partial charge in [0.05, 0.1) is 6.04 Å². The predicted molar refractivity (Wildman–Crippen MR) is 85.5 cm³/mol. The van der Waals surface area contributed by atoms with Gasteiger partial charge in [-0.25, -0.2) is 0 Å². The number of carbonyl (C=O) groups excluding carboxylic acids is 1. The molecule has 1 amide bonds. The molecular weight excluding hydrogens is 354 g/mol. The molecule has 21 heavy (non-hydrogen) atoms. The lowest BCUT2D eigenvalue weighted by atomic mass is 10.0. The fraction of sp³-hybridized carbons (Fsp3) is 0.200. The summed E-state index contributed by atoms with van der Waals surface area (Å²) in [5.74, 6) is -1.07. The number of nitrogens with one attached hydrogen (secondary N) is 1. The maximum Gasteiger partial charge on any atom is 0.303 e. The molecule has 0 aliphatic heterocycles. The van der Waals surface area contributed by atoms with E-state index >= 15 is 0 Å². The molecule has 0 spiro atoms. The summed E-state index contributed by atoms with van der Waals surface area (Å²) in [4.78, 5) is 23.7. The van der Waals surface area contributed by atoms with Crippen LogP contribution in [0.5, 0.6) is 0 Å². The molecule has 110 valence electrons. The zero-order chi connectivity index (χ0) is 15.2. The molecule has 4 nitrogen and oxygen atoms in total. The van der Waals surface area contributed by atoms with Crippen molar-refractivity contribution >= 4 is 39.1 Å². The molecule has 2 aromatic rings. The first-order chi connectivity index (χ1) is 10.1. The maximum atomic E-state index is 12.3. The van der Waals surface area contributed by atoms with Gasteiger partial charge in [0, 0.05) is 10.9 Å². The van der Waals surface area contributed by atoms with E-state index in [9.17, 15) is 9.59 Å². The largest absolute Gasteiger partial charge is 0.481 e. The Morgan fingerprint density at radius 3 is 2.52 bits per heavy atom. The van der Waals surface area contributed by atoms with Crippen LogP contribution in [0.1, 0.15) is 34.1 Å². The van der Waals surface area contributed by atoms with Crippen molar-refractivity contribution in [1.82, 2.24) is 5.32 Å². The first-order valence-electron chi connectivity index (χ1n) is 6.38. The van der Waals surface area contributed by atoms with Crippen molar-refractivity contribution in [2.75, 3.05) is 0 Å². The van der Waals surface area contributed by atoms with E-state index in [1.165, 1.54) is 11.3 Å². The quantitative estimate of drug-likeness (QED) is 0.814. The molecule has 0 aliphatic rings. The highest BCUT2D eigenvalue weighted by Crippen LogP contribution is 2.25. The van der Waals surface area contributed by atoms with Gasteiger partial charge in [-0.2, -0.15) is 0 Å². The average Bonchev–Trinajstić information content (AvgIpc) is 2.90. The summed E-state index contributed by atoms with van der Waals surface area (Å²) in [5, 5.41) is 13.6. The van der Waals surface area contributed by atoms with Gasteiger partial charge in [-0.1, -0.05) is 30.3 Å². The average molecular weight is 368 g/mol. The molecule has 0 aliphatic carbocycles. The van der Waals surface area contributed by atoms with E-state index in [2.05, 4.69) is 21.2 Å². The fourth-order valence-corrected chi connectivity index (χ4v) is 3.41. The van der Waals surface area contributed by atoms with Crippen LogP contribution in [0.25, 0.3) is 0 Å². The van der Waals surface area contributed by atoms with E-state index in [1.807, 2.05) is 41.8 Å². The molecule has 2 N–H and O–H groups in total. The monoisotopic (exact) mass is 367 g/mol. The molecule has 0 saturated heterocycles. The normalized spacial score (nSPS) is 11.9. The Morgan fingerprint density at radius 2 is 1.95 bits per heavy atom. The van der Waals surface area contributed by atoms with Gasteiger partial charge in [0.1, 0.15) is 4.88 Å². The SMILES string of the molecule is O=C(O)CCC(NC(=O)c1sccc1Br)c1ccccc1. The lowest BCUT2D eigenvalue weighted by molar-refractivity contribution is -0.137. The van der Waals surface area contributed by atoms with Gasteiger partial charge in [-0.3, -0.25) is 9.59 Å². The molecule has 1 aromatic carbocycles. The van der Waals surface area contributed by atoms with Gasteiger partial charge in [-0.15, -0.1) is 11.3 Å². The van der Waals surface area contributed by atoms with Gasteiger partial charge in [-0.05, 0) is 39.4 Å². The third-order valence-corrected chi connectivity index (χ3v) is 4.81. The van der Waals surface area contributed by atoms with E-state index in [1.54, 1.807) is 0 Å². The molecular formula is C15H14BrNO3S. The molecule has 0 bridgehead atoms. The Balaban J connectivity index is 2.14. The van der Waals surface area contributed by atoms with E-state index in [4.69, 9.17) is 5.11 Å². The molecule has 6 heteroatoms. The minimum absolute atomic E-state index is 0.00541. The van der Waals surface area contributed by atoms with E-state index in [0.29, 0.717) is 11.3 Å². The Kier molecular flexibility index (Phi) is 5.52. The number of carbonyl (C=O) groups is 2. The highest BCUT2D eigenvalue weighted by Gasteiger charge is 2.19. The molecule has 0 radical (unpaired) electrons. The van der Waals surface area contributed by atoms with Gasteiger partial charge in [0.15, 0.2) is 0 Å². The summed E-state index contributed by atoms with van der Waals surface area (Å²) in [6.07, 6.45) is 0.361. The second-order valence-electron chi connectivity index (χ2n) is 4.47. The fourth-order valence-electron chi connectivity index (χ4n) is 1.95. The van der Waals surface area contributed by atoms with Crippen molar-refractivity contribution in [2.45, 2.75) is 18.9 Å². The van der Waals surface area contributed by atoms with Crippen molar-refractivity contribution in [3.05, 3.63) is 56.7 Å². The van der Waals surface area contributed by atoms with Crippen molar-refractivity contribution in [3.63, 3.8) is 0 Å². The Hall–Kier alpha value is -1.66. The van der Waals surface area contributed by atoms with E-state index in [0.717, 1.165) is 10.0 Å². The number of benzene rings is 1. The van der Waals surface area contributed by atoms with Crippen molar-refractivity contribution in [1.29, 1.82) is 0 Å². The lowest BCUT2D eigenvalue weighted by Crippen LogP contribution is -2.28. The highest BCUT2D eigenvalue weighted by atomic mass is 79.9. The Morgan fingerprint density at radius 1 is 1.24 bits per heavy atom. The van der Waals surface area contributed by atoms with Gasteiger partial charge >= 0.3 is 5.97 Å². The third kappa shape index (κ3) is 4.41. The van der Waals surface area contributed by atoms with E-state index < -0.39 is 5.97 Å². The molecule has 1 aromatic heterocycles. The molecule has 0 saturated carbocycles. The number of aliphatic carboxylic acids is 1. The molecule has 1 atom stereocenters. The van der Waals surface area contributed by atoms with Crippen molar-refractivity contribution in [3.8, 4) is 0 Å². The molecule has 2 rings (SSSR count). The topological polar surface area (TPSA) is 66.4 Å². The molecule has 1 heterocycles. The number of amides is 1. The minimum atomic E-state index is -0.873. The second kappa shape index (κ2) is 7.38. The zero-order valence-corrected chi connectivity index (χ0v) is 13.5. The van der Waals surface area contributed by atoms with Crippen molar-refractivity contribution in [2.24, 2.45) is 0 Å². The lowest BCUT2D eigenvalue weighted by Gasteiger charge is -2.18. The van der Waals surface area contributed by atoms with Crippen molar-refractivity contribution < 1.29 is 14.7 Å². The van der Waals surface area contributed by atoms with Crippen LogP contribution < -0.4 is 5.32 Å². The molecule has 1 unspecified atom stereocenters. The standard InChI is InChI=1S/C15H14BrNO3S/c16-11-8-9-21-14(11)15(20)17-12(6-7-13(18)19)10-4-2-1-3-5-10/h1-5,8-9,12H,6-7H2,(H,17,20)(H,18,19). The van der Waals surface area contributed by atoms with Crippen LogP contribution in [0.2, 0.25) is 0 Å². The summed E-state index contributed by atoms with van der Waals surface area (Å²) in [5.41, 5.74) is 0.903. The minimum Gasteiger partial charge on any atom is -0.481 e. The van der Waals surface area contributed by atoms with Crippen LogP contribution in [0.4, 0.5) is 0 Å². The van der Waals surface area contributed by atoms with E-state index in [-0.39, 0.29) is 18.4 Å². The number of halogens is 1. The summed E-state index contributed by atoms with van der Waals surface area (Å²) >= 11 is 4.67. The van der Waals surface area contributed by atoms with Crippen LogP contribution in [0.15, 0.2) is 46.3 Å². The van der Waals surface area contributed by atoms with Crippen LogP contribution in [0, 0.1) is 0 Å². The van der Waals surface area contributed by atoms with Crippen LogP contribution in [0.3, 0.4) is 0 Å². The number of hydrogen-bond donors (Lipinski definition) is 2. The summed E-state index contributed by atoms with van der Waals surface area (Å²) in [6, 6.07) is 10.9. The number of hydrogen-bond acceptors (Lipinski definition) is 3. The number of carboxylic acids is 1. The van der Waals surface area contributed by atoms with Gasteiger partial charge < -0.3 is 10.4 Å². The first kappa shape index (κ1) is 15.7. The summed E-state index contributed by atoms with van der Waals surface area (Å²) < 4.78 is 0.745. The van der Waals surface area contributed by atoms with Crippen LogP contribution in [-0.4, -0.2) is 17.0 Å². The predicted octanol–water partition coefficient (Wildman–Crippen LogP) is 3.85. The second-order valence-corrected chi connectivity index (χ2v) is 6.24. The Bertz CT molecular complexity index is 627. The number of thiophene rings is 1. The number of rotatable bonds is 6. The van der Waals surface area contributed by atoms with Crippen LogP contribution in [-0.2, 0) is 4.79 Å². The zero-order valence-electron chi connectivity index (χ0n) is 11.1. The number of carboxylic acid groups (broad SMARTS) is 1. The smallest absolute Gasteiger partial charge is 0.303 e. The summed E-state index contributed by atoms with van der Waals surface area (Å²) in [6.45, 7) is 0. The third-order valence-electron chi connectivity index (χ3n) is 2.98. The first-order valence-corrected chi connectivity index (χ1v) is 8.06. The van der Waals surface area contributed by atoms with Gasteiger partial charge in [0.2, 0.25) is 0 Å². The molecule has 0 fully saturated rings. The summed E-state index contributed by atoms with van der Waals surface area (Å²) in [7, 11) is 0. The maximum absolute atomic E-state index is 12.3. The van der Waals surface area contributed by atoms with Crippen LogP contribution >= 0.6 is 27.3 Å². The van der Waals surface area contributed by atoms with Gasteiger partial charge in [0.25, 0.3) is 5.91 Å². The highest BCUT2D eigenvalue weighted by molar-refractivity contribution is 9.10. The Labute approximate surface area is 134 Å².